The molecular weight excluding hydrogens is 220 g/mol. The highest BCUT2D eigenvalue weighted by Crippen LogP contribution is 2.18. The van der Waals surface area contributed by atoms with Crippen molar-refractivity contribution in [2.45, 2.75) is 26.7 Å². The van der Waals surface area contributed by atoms with Gasteiger partial charge in [-0.25, -0.2) is 0 Å². The van der Waals surface area contributed by atoms with E-state index in [2.05, 4.69) is 31.4 Å². The third kappa shape index (κ3) is 3.98. The van der Waals surface area contributed by atoms with E-state index in [1.807, 2.05) is 4.90 Å². The summed E-state index contributed by atoms with van der Waals surface area (Å²) in [5.41, 5.74) is 0. The standard InChI is InChI=1S/C12H24N2OS/c1-3-13(4-2)6-5-7-14-9-11(10-16)8-12(14)15/h11,16H,3-10H2,1-2H3. The van der Waals surface area contributed by atoms with Crippen LogP contribution in [0, 0.1) is 5.92 Å². The first-order valence-corrected chi connectivity index (χ1v) is 6.95. The summed E-state index contributed by atoms with van der Waals surface area (Å²) in [7, 11) is 0. The van der Waals surface area contributed by atoms with Gasteiger partial charge in [-0.15, -0.1) is 0 Å². The summed E-state index contributed by atoms with van der Waals surface area (Å²) in [6, 6.07) is 0. The number of thiol groups is 1. The fourth-order valence-corrected chi connectivity index (χ4v) is 2.46. The highest BCUT2D eigenvalue weighted by molar-refractivity contribution is 7.80. The smallest absolute Gasteiger partial charge is 0.222 e. The van der Waals surface area contributed by atoms with E-state index >= 15 is 0 Å². The molecule has 0 aromatic carbocycles. The van der Waals surface area contributed by atoms with Gasteiger partial charge in [0.25, 0.3) is 0 Å². The molecule has 1 aliphatic rings. The van der Waals surface area contributed by atoms with E-state index in [0.717, 1.165) is 44.9 Å². The van der Waals surface area contributed by atoms with Gasteiger partial charge < -0.3 is 9.80 Å². The Bertz CT molecular complexity index is 219. The minimum Gasteiger partial charge on any atom is -0.342 e. The van der Waals surface area contributed by atoms with Crippen LogP contribution in [0.3, 0.4) is 0 Å². The summed E-state index contributed by atoms with van der Waals surface area (Å²) in [6.07, 6.45) is 1.79. The molecule has 0 N–H and O–H groups in total. The fraction of sp³-hybridized carbons (Fsp3) is 0.917. The van der Waals surface area contributed by atoms with Gasteiger partial charge >= 0.3 is 0 Å². The summed E-state index contributed by atoms with van der Waals surface area (Å²) < 4.78 is 0. The zero-order valence-electron chi connectivity index (χ0n) is 10.5. The zero-order chi connectivity index (χ0) is 12.0. The number of rotatable bonds is 7. The maximum Gasteiger partial charge on any atom is 0.222 e. The van der Waals surface area contributed by atoms with E-state index in [1.165, 1.54) is 0 Å². The largest absolute Gasteiger partial charge is 0.342 e. The lowest BCUT2D eigenvalue weighted by atomic mass is 10.1. The van der Waals surface area contributed by atoms with Crippen molar-refractivity contribution >= 4 is 18.5 Å². The van der Waals surface area contributed by atoms with Crippen molar-refractivity contribution < 1.29 is 4.79 Å². The Balaban J connectivity index is 2.20. The third-order valence-electron chi connectivity index (χ3n) is 3.35. The van der Waals surface area contributed by atoms with Crippen LogP contribution in [0.5, 0.6) is 0 Å². The number of nitrogens with zero attached hydrogens (tertiary/aromatic N) is 2. The van der Waals surface area contributed by atoms with Crippen molar-refractivity contribution in [2.24, 2.45) is 5.92 Å². The van der Waals surface area contributed by atoms with Crippen molar-refractivity contribution in [2.75, 3.05) is 38.5 Å². The second-order valence-corrected chi connectivity index (χ2v) is 4.84. The molecule has 1 aliphatic heterocycles. The van der Waals surface area contributed by atoms with Gasteiger partial charge in [-0.1, -0.05) is 13.8 Å². The first kappa shape index (κ1) is 13.8. The number of carbonyl (C=O) groups excluding carboxylic acids is 1. The van der Waals surface area contributed by atoms with Crippen molar-refractivity contribution in [3.05, 3.63) is 0 Å². The van der Waals surface area contributed by atoms with Crippen molar-refractivity contribution in [3.63, 3.8) is 0 Å². The number of hydrogen-bond donors (Lipinski definition) is 1. The molecule has 0 radical (unpaired) electrons. The van der Waals surface area contributed by atoms with Gasteiger partial charge in [0.1, 0.15) is 0 Å². The number of likely N-dealkylation sites (tertiary alicyclic amines) is 1. The van der Waals surface area contributed by atoms with Crippen molar-refractivity contribution in [1.29, 1.82) is 0 Å². The van der Waals surface area contributed by atoms with Crippen LogP contribution in [-0.4, -0.2) is 54.2 Å². The van der Waals surface area contributed by atoms with Crippen LogP contribution in [0.4, 0.5) is 0 Å². The van der Waals surface area contributed by atoms with Gasteiger partial charge in [0.2, 0.25) is 5.91 Å². The van der Waals surface area contributed by atoms with E-state index in [4.69, 9.17) is 0 Å². The maximum atomic E-state index is 11.6. The van der Waals surface area contributed by atoms with Gasteiger partial charge in [0.15, 0.2) is 0 Å². The Morgan fingerprint density at radius 1 is 1.44 bits per heavy atom. The Morgan fingerprint density at radius 2 is 2.12 bits per heavy atom. The molecule has 0 spiro atoms. The van der Waals surface area contributed by atoms with Crippen molar-refractivity contribution in [1.82, 2.24) is 9.80 Å². The van der Waals surface area contributed by atoms with E-state index in [-0.39, 0.29) is 0 Å². The molecule has 0 aromatic heterocycles. The van der Waals surface area contributed by atoms with Crippen LogP contribution in [0.1, 0.15) is 26.7 Å². The molecule has 1 amide bonds. The van der Waals surface area contributed by atoms with Gasteiger partial charge in [-0.05, 0) is 37.7 Å². The lowest BCUT2D eigenvalue weighted by Gasteiger charge is -2.21. The second kappa shape index (κ2) is 7.17. The summed E-state index contributed by atoms with van der Waals surface area (Å²) in [6.45, 7) is 9.50. The minimum absolute atomic E-state index is 0.318. The van der Waals surface area contributed by atoms with E-state index in [0.29, 0.717) is 18.2 Å². The molecule has 1 heterocycles. The molecule has 1 fully saturated rings. The maximum absolute atomic E-state index is 11.6. The molecule has 1 unspecified atom stereocenters. The first-order chi connectivity index (χ1) is 7.71. The number of hydrogen-bond acceptors (Lipinski definition) is 3. The molecule has 94 valence electrons. The molecule has 3 nitrogen and oxygen atoms in total. The minimum atomic E-state index is 0.318. The Morgan fingerprint density at radius 3 is 2.62 bits per heavy atom. The van der Waals surface area contributed by atoms with Gasteiger partial charge in [-0.2, -0.15) is 12.6 Å². The van der Waals surface area contributed by atoms with E-state index < -0.39 is 0 Å². The lowest BCUT2D eigenvalue weighted by Crippen LogP contribution is -2.31. The average molecular weight is 244 g/mol. The third-order valence-corrected chi connectivity index (χ3v) is 3.87. The monoisotopic (exact) mass is 244 g/mol. The quantitative estimate of drug-likeness (QED) is 0.686. The molecule has 16 heavy (non-hydrogen) atoms. The SMILES string of the molecule is CCN(CC)CCCN1CC(CS)CC1=O. The van der Waals surface area contributed by atoms with Crippen LogP contribution >= 0.6 is 12.6 Å². The predicted octanol–water partition coefficient (Wildman–Crippen LogP) is 1.50. The average Bonchev–Trinajstić information content (AvgIpc) is 2.66. The van der Waals surface area contributed by atoms with E-state index in [1.54, 1.807) is 0 Å². The second-order valence-electron chi connectivity index (χ2n) is 4.47. The van der Waals surface area contributed by atoms with Crippen LogP contribution < -0.4 is 0 Å². The number of amides is 1. The van der Waals surface area contributed by atoms with Gasteiger partial charge in [0, 0.05) is 19.5 Å². The lowest BCUT2D eigenvalue weighted by molar-refractivity contribution is -0.127. The topological polar surface area (TPSA) is 23.6 Å². The van der Waals surface area contributed by atoms with Crippen LogP contribution in [0.25, 0.3) is 0 Å². The van der Waals surface area contributed by atoms with Crippen LogP contribution in [0.15, 0.2) is 0 Å². The molecule has 0 aliphatic carbocycles. The van der Waals surface area contributed by atoms with Crippen LogP contribution in [-0.2, 0) is 4.79 Å². The molecule has 0 bridgehead atoms. The normalized spacial score (nSPS) is 21.1. The molecule has 0 aromatic rings. The van der Waals surface area contributed by atoms with Crippen LogP contribution in [0.2, 0.25) is 0 Å². The predicted molar refractivity (Wildman–Crippen MR) is 70.9 cm³/mol. The number of carbonyl (C=O) groups is 1. The van der Waals surface area contributed by atoms with Gasteiger partial charge in [-0.3, -0.25) is 4.79 Å². The molecule has 1 atom stereocenters. The molecule has 4 heteroatoms. The molecule has 1 saturated heterocycles. The Labute approximate surface area is 105 Å². The van der Waals surface area contributed by atoms with Crippen molar-refractivity contribution in [3.8, 4) is 0 Å². The highest BCUT2D eigenvalue weighted by Gasteiger charge is 2.27. The molecule has 0 saturated carbocycles. The summed E-state index contributed by atoms with van der Waals surface area (Å²) in [5, 5.41) is 0. The first-order valence-electron chi connectivity index (χ1n) is 6.32. The van der Waals surface area contributed by atoms with Gasteiger partial charge in [0.05, 0.1) is 0 Å². The Kier molecular flexibility index (Phi) is 6.21. The Hall–Kier alpha value is -0.220. The summed E-state index contributed by atoms with van der Waals surface area (Å²) in [5.74, 6) is 1.63. The fourth-order valence-electron chi connectivity index (χ4n) is 2.22. The zero-order valence-corrected chi connectivity index (χ0v) is 11.4. The van der Waals surface area contributed by atoms with E-state index in [9.17, 15) is 4.79 Å². The summed E-state index contributed by atoms with van der Waals surface area (Å²) in [4.78, 5) is 16.0. The molecular formula is C12H24N2OS. The molecule has 1 rings (SSSR count). The summed E-state index contributed by atoms with van der Waals surface area (Å²) >= 11 is 4.26. The highest BCUT2D eigenvalue weighted by atomic mass is 32.1.